The van der Waals surface area contributed by atoms with E-state index >= 15 is 0 Å². The normalized spacial score (nSPS) is 23.8. The summed E-state index contributed by atoms with van der Waals surface area (Å²) >= 11 is 0. The van der Waals surface area contributed by atoms with Gasteiger partial charge in [0.15, 0.2) is 0 Å². The van der Waals surface area contributed by atoms with Crippen LogP contribution in [0.3, 0.4) is 0 Å². The van der Waals surface area contributed by atoms with Crippen LogP contribution >= 0.6 is 0 Å². The molecule has 1 aliphatic carbocycles. The summed E-state index contributed by atoms with van der Waals surface area (Å²) in [5, 5.41) is 11.8. The van der Waals surface area contributed by atoms with Crippen molar-refractivity contribution in [2.24, 2.45) is 0 Å². The lowest BCUT2D eigenvalue weighted by molar-refractivity contribution is 0.387. The smallest absolute Gasteiger partial charge is 0.318 e. The van der Waals surface area contributed by atoms with Crippen molar-refractivity contribution in [1.29, 1.82) is 0 Å². The average molecular weight is 264 g/mol. The van der Waals surface area contributed by atoms with Crippen molar-refractivity contribution in [2.45, 2.75) is 70.5 Å². The molecule has 0 radical (unpaired) electrons. The fourth-order valence-corrected chi connectivity index (χ4v) is 2.84. The Morgan fingerprint density at radius 1 is 1.26 bits per heavy atom. The summed E-state index contributed by atoms with van der Waals surface area (Å²) in [5.74, 6) is 0.725. The zero-order chi connectivity index (χ0) is 13.1. The van der Waals surface area contributed by atoms with E-state index in [0.717, 1.165) is 18.5 Å². The third kappa shape index (κ3) is 3.26. The number of hydrogen-bond acceptors (Lipinski definition) is 5. The Bertz CT molecular complexity index is 400. The standard InChI is InChI=1S/C14H24N4O/c1-2-5-12-6-3-4-9-18(12)14-17-16-13(19-14)10-15-11-7-8-11/h11-12,15H,2-10H2,1H3. The first kappa shape index (κ1) is 12.9. The van der Waals surface area contributed by atoms with E-state index in [2.05, 4.69) is 27.3 Å². The van der Waals surface area contributed by atoms with Gasteiger partial charge in [0.2, 0.25) is 5.89 Å². The molecule has 1 aliphatic heterocycles. The molecule has 1 saturated carbocycles. The molecule has 106 valence electrons. The van der Waals surface area contributed by atoms with Crippen LogP contribution in [0, 0.1) is 0 Å². The Kier molecular flexibility index (Phi) is 4.01. The molecule has 5 nitrogen and oxygen atoms in total. The molecule has 0 bridgehead atoms. The molecule has 0 amide bonds. The van der Waals surface area contributed by atoms with Gasteiger partial charge in [-0.2, -0.15) is 0 Å². The molecule has 2 aliphatic rings. The quantitative estimate of drug-likeness (QED) is 0.855. The second kappa shape index (κ2) is 5.90. The number of hydrogen-bond donors (Lipinski definition) is 1. The van der Waals surface area contributed by atoms with Crippen molar-refractivity contribution in [2.75, 3.05) is 11.4 Å². The first-order valence-corrected chi connectivity index (χ1v) is 7.69. The van der Waals surface area contributed by atoms with Crippen molar-refractivity contribution >= 4 is 6.01 Å². The van der Waals surface area contributed by atoms with E-state index < -0.39 is 0 Å². The fraction of sp³-hybridized carbons (Fsp3) is 0.857. The monoisotopic (exact) mass is 264 g/mol. The summed E-state index contributed by atoms with van der Waals surface area (Å²) < 4.78 is 5.82. The van der Waals surface area contributed by atoms with Crippen LogP contribution in [0.5, 0.6) is 0 Å². The van der Waals surface area contributed by atoms with E-state index in [1.54, 1.807) is 0 Å². The highest BCUT2D eigenvalue weighted by atomic mass is 16.4. The number of anilines is 1. The highest BCUT2D eigenvalue weighted by Gasteiger charge is 2.26. The third-order valence-corrected chi connectivity index (χ3v) is 4.07. The SMILES string of the molecule is CCCC1CCCCN1c1nnc(CNC2CC2)o1. The highest BCUT2D eigenvalue weighted by Crippen LogP contribution is 2.26. The Morgan fingerprint density at radius 2 is 2.16 bits per heavy atom. The van der Waals surface area contributed by atoms with Crippen molar-refractivity contribution in [3.05, 3.63) is 5.89 Å². The molecular weight excluding hydrogens is 240 g/mol. The van der Waals surface area contributed by atoms with Crippen molar-refractivity contribution < 1.29 is 4.42 Å². The van der Waals surface area contributed by atoms with Gasteiger partial charge in [-0.1, -0.05) is 18.4 Å². The van der Waals surface area contributed by atoms with Crippen LogP contribution in [0.25, 0.3) is 0 Å². The molecule has 1 aromatic rings. The average Bonchev–Trinajstić information content (AvgIpc) is 3.15. The van der Waals surface area contributed by atoms with E-state index in [0.29, 0.717) is 18.6 Å². The largest absolute Gasteiger partial charge is 0.407 e. The minimum Gasteiger partial charge on any atom is -0.407 e. The molecule has 19 heavy (non-hydrogen) atoms. The topological polar surface area (TPSA) is 54.2 Å². The second-order valence-electron chi connectivity index (χ2n) is 5.77. The highest BCUT2D eigenvalue weighted by molar-refractivity contribution is 5.27. The summed E-state index contributed by atoms with van der Waals surface area (Å²) in [6.45, 7) is 4.01. The number of nitrogens with zero attached hydrogens (tertiary/aromatic N) is 3. The molecule has 2 fully saturated rings. The first-order chi connectivity index (χ1) is 9.36. The van der Waals surface area contributed by atoms with Crippen LogP contribution in [-0.4, -0.2) is 28.8 Å². The molecule has 1 saturated heterocycles. The maximum Gasteiger partial charge on any atom is 0.318 e. The maximum absolute atomic E-state index is 5.82. The van der Waals surface area contributed by atoms with Gasteiger partial charge in [0, 0.05) is 18.6 Å². The summed E-state index contributed by atoms with van der Waals surface area (Å²) in [6.07, 6.45) is 8.82. The zero-order valence-corrected chi connectivity index (χ0v) is 11.8. The van der Waals surface area contributed by atoms with Gasteiger partial charge in [-0.3, -0.25) is 0 Å². The van der Waals surface area contributed by atoms with Gasteiger partial charge in [-0.15, -0.1) is 5.10 Å². The fourth-order valence-electron chi connectivity index (χ4n) is 2.84. The lowest BCUT2D eigenvalue weighted by atomic mass is 9.99. The minimum atomic E-state index is 0.587. The van der Waals surface area contributed by atoms with Crippen LogP contribution in [0.15, 0.2) is 4.42 Å². The summed E-state index contributed by atoms with van der Waals surface area (Å²) in [7, 11) is 0. The summed E-state index contributed by atoms with van der Waals surface area (Å²) in [4.78, 5) is 2.32. The predicted molar refractivity (Wildman–Crippen MR) is 74.1 cm³/mol. The molecule has 3 rings (SSSR count). The van der Waals surface area contributed by atoms with E-state index in [-0.39, 0.29) is 0 Å². The Hall–Kier alpha value is -1.10. The van der Waals surface area contributed by atoms with Crippen LogP contribution < -0.4 is 10.2 Å². The van der Waals surface area contributed by atoms with Gasteiger partial charge in [-0.25, -0.2) is 0 Å². The molecule has 5 heteroatoms. The zero-order valence-electron chi connectivity index (χ0n) is 11.8. The lowest BCUT2D eigenvalue weighted by Crippen LogP contribution is -2.39. The van der Waals surface area contributed by atoms with E-state index in [1.165, 1.54) is 44.9 Å². The van der Waals surface area contributed by atoms with Crippen molar-refractivity contribution in [3.63, 3.8) is 0 Å². The second-order valence-corrected chi connectivity index (χ2v) is 5.77. The van der Waals surface area contributed by atoms with Crippen LogP contribution in [-0.2, 0) is 6.54 Å². The van der Waals surface area contributed by atoms with E-state index in [1.807, 2.05) is 0 Å². The van der Waals surface area contributed by atoms with Gasteiger partial charge in [0.1, 0.15) is 0 Å². The number of nitrogens with one attached hydrogen (secondary N) is 1. The predicted octanol–water partition coefficient (Wildman–Crippen LogP) is 2.48. The molecular formula is C14H24N4O. The molecule has 1 N–H and O–H groups in total. The number of aromatic nitrogens is 2. The lowest BCUT2D eigenvalue weighted by Gasteiger charge is -2.34. The van der Waals surface area contributed by atoms with E-state index in [4.69, 9.17) is 4.42 Å². The van der Waals surface area contributed by atoms with Crippen LogP contribution in [0.2, 0.25) is 0 Å². The van der Waals surface area contributed by atoms with Crippen molar-refractivity contribution in [1.82, 2.24) is 15.5 Å². The molecule has 0 spiro atoms. The maximum atomic E-state index is 5.82. The van der Waals surface area contributed by atoms with Gasteiger partial charge >= 0.3 is 6.01 Å². The van der Waals surface area contributed by atoms with Gasteiger partial charge in [0.05, 0.1) is 6.54 Å². The van der Waals surface area contributed by atoms with Crippen LogP contribution in [0.4, 0.5) is 6.01 Å². The number of rotatable bonds is 6. The Labute approximate surface area is 114 Å². The first-order valence-electron chi connectivity index (χ1n) is 7.69. The summed E-state index contributed by atoms with van der Waals surface area (Å²) in [6, 6.07) is 1.99. The third-order valence-electron chi connectivity index (χ3n) is 4.07. The Balaban J connectivity index is 1.61. The summed E-state index contributed by atoms with van der Waals surface area (Å²) in [5.41, 5.74) is 0. The van der Waals surface area contributed by atoms with E-state index in [9.17, 15) is 0 Å². The molecule has 1 aromatic heterocycles. The number of piperidine rings is 1. The molecule has 1 unspecified atom stereocenters. The van der Waals surface area contributed by atoms with Crippen LogP contribution in [0.1, 0.15) is 57.8 Å². The van der Waals surface area contributed by atoms with Crippen molar-refractivity contribution in [3.8, 4) is 0 Å². The molecule has 1 atom stereocenters. The molecule has 0 aromatic carbocycles. The molecule has 2 heterocycles. The van der Waals surface area contributed by atoms with Gasteiger partial charge < -0.3 is 14.6 Å². The minimum absolute atomic E-state index is 0.587. The van der Waals surface area contributed by atoms with Gasteiger partial charge in [0.25, 0.3) is 0 Å². The van der Waals surface area contributed by atoms with Gasteiger partial charge in [-0.05, 0) is 38.5 Å². The Morgan fingerprint density at radius 3 is 2.95 bits per heavy atom.